The van der Waals surface area contributed by atoms with Crippen molar-refractivity contribution in [3.63, 3.8) is 0 Å². The van der Waals surface area contributed by atoms with Gasteiger partial charge < -0.3 is 15.4 Å². The van der Waals surface area contributed by atoms with Crippen LogP contribution in [-0.4, -0.2) is 30.3 Å². The van der Waals surface area contributed by atoms with Gasteiger partial charge in [0.15, 0.2) is 0 Å². The Morgan fingerprint density at radius 1 is 1.43 bits per heavy atom. The predicted octanol–water partition coefficient (Wildman–Crippen LogP) is 3.35. The summed E-state index contributed by atoms with van der Waals surface area (Å²) >= 11 is 1.64. The van der Waals surface area contributed by atoms with Crippen LogP contribution in [0.25, 0.3) is 0 Å². The number of nitrogens with one attached hydrogen (secondary N) is 2. The summed E-state index contributed by atoms with van der Waals surface area (Å²) < 4.78 is 5.95. The van der Waals surface area contributed by atoms with Crippen molar-refractivity contribution in [2.75, 3.05) is 13.2 Å². The Labute approximate surface area is 143 Å². The lowest BCUT2D eigenvalue weighted by molar-refractivity contribution is -0.0837. The number of rotatable bonds is 5. The molecule has 1 aromatic rings. The summed E-state index contributed by atoms with van der Waals surface area (Å²) in [6.07, 6.45) is 3.31. The van der Waals surface area contributed by atoms with Crippen molar-refractivity contribution in [2.45, 2.75) is 59.6 Å². The zero-order valence-electron chi connectivity index (χ0n) is 14.6. The Balaban J connectivity index is 1.76. The highest BCUT2D eigenvalue weighted by Gasteiger charge is 2.35. The van der Waals surface area contributed by atoms with Gasteiger partial charge in [0.2, 0.25) is 0 Å². The van der Waals surface area contributed by atoms with Gasteiger partial charge in [-0.15, -0.1) is 11.3 Å². The van der Waals surface area contributed by atoms with E-state index in [1.807, 2.05) is 5.38 Å². The molecule has 2 atom stereocenters. The van der Waals surface area contributed by atoms with Gasteiger partial charge in [-0.1, -0.05) is 27.7 Å². The quantitative estimate of drug-likeness (QED) is 0.865. The number of urea groups is 1. The average molecular weight is 340 g/mol. The Morgan fingerprint density at radius 3 is 2.87 bits per heavy atom. The van der Waals surface area contributed by atoms with Crippen molar-refractivity contribution >= 4 is 17.4 Å². The van der Waals surface area contributed by atoms with Crippen molar-refractivity contribution < 1.29 is 9.53 Å². The number of aryl methyl sites for hydroxylation is 1. The topological polar surface area (TPSA) is 63.2 Å². The van der Waals surface area contributed by atoms with E-state index < -0.39 is 0 Å². The molecule has 0 saturated carbocycles. The van der Waals surface area contributed by atoms with Crippen molar-refractivity contribution in [2.24, 2.45) is 11.3 Å². The first-order valence-corrected chi connectivity index (χ1v) is 9.34. The lowest BCUT2D eigenvalue weighted by Crippen LogP contribution is -2.46. The van der Waals surface area contributed by atoms with Crippen LogP contribution in [0.2, 0.25) is 0 Å². The van der Waals surface area contributed by atoms with Crippen molar-refractivity contribution in [3.8, 4) is 0 Å². The number of amides is 2. The standard InChI is InChI=1S/C17H29N3O2S/c1-5-14-20-13(11-23-14)10-19-16(21)18-9-12-7-6-8-22-15(12)17(2,3)4/h11-12,15H,5-10H2,1-4H3,(H2,18,19,21)/t12-,15-/m1/s1. The van der Waals surface area contributed by atoms with E-state index in [9.17, 15) is 4.79 Å². The van der Waals surface area contributed by atoms with E-state index in [4.69, 9.17) is 4.74 Å². The molecule has 1 aliphatic heterocycles. The fraction of sp³-hybridized carbons (Fsp3) is 0.765. The van der Waals surface area contributed by atoms with Gasteiger partial charge in [-0.3, -0.25) is 0 Å². The molecule has 23 heavy (non-hydrogen) atoms. The van der Waals surface area contributed by atoms with Gasteiger partial charge in [-0.05, 0) is 24.7 Å². The van der Waals surface area contributed by atoms with Crippen LogP contribution >= 0.6 is 11.3 Å². The molecule has 2 amide bonds. The van der Waals surface area contributed by atoms with Gasteiger partial charge in [-0.2, -0.15) is 0 Å². The van der Waals surface area contributed by atoms with Gasteiger partial charge in [0.05, 0.1) is 23.4 Å². The molecule has 0 aliphatic carbocycles. The van der Waals surface area contributed by atoms with Crippen LogP contribution in [-0.2, 0) is 17.7 Å². The third-order valence-corrected chi connectivity index (χ3v) is 5.20. The average Bonchev–Trinajstić information content (AvgIpc) is 2.98. The molecule has 1 aliphatic rings. The molecule has 0 bridgehead atoms. The van der Waals surface area contributed by atoms with Crippen LogP contribution in [0.3, 0.4) is 0 Å². The van der Waals surface area contributed by atoms with E-state index in [0.29, 0.717) is 19.0 Å². The van der Waals surface area contributed by atoms with Crippen molar-refractivity contribution in [1.82, 2.24) is 15.6 Å². The fourth-order valence-electron chi connectivity index (χ4n) is 3.06. The first-order valence-electron chi connectivity index (χ1n) is 8.46. The summed E-state index contributed by atoms with van der Waals surface area (Å²) in [7, 11) is 0. The Hall–Kier alpha value is -1.14. The minimum Gasteiger partial charge on any atom is -0.377 e. The van der Waals surface area contributed by atoms with Gasteiger partial charge in [-0.25, -0.2) is 9.78 Å². The minimum atomic E-state index is -0.130. The second-order valence-corrected chi connectivity index (χ2v) is 8.15. The SMILES string of the molecule is CCc1nc(CNC(=O)NC[C@H]2CCCO[C@H]2C(C)(C)C)cs1. The maximum Gasteiger partial charge on any atom is 0.315 e. The third-order valence-electron chi connectivity index (χ3n) is 4.16. The molecule has 5 nitrogen and oxygen atoms in total. The Morgan fingerprint density at radius 2 is 2.22 bits per heavy atom. The molecule has 0 radical (unpaired) electrons. The molecular formula is C17H29N3O2S. The lowest BCUT2D eigenvalue weighted by atomic mass is 9.78. The summed E-state index contributed by atoms with van der Waals surface area (Å²) in [5, 5.41) is 8.98. The van der Waals surface area contributed by atoms with Gasteiger partial charge in [0.1, 0.15) is 0 Å². The molecule has 2 N–H and O–H groups in total. The van der Waals surface area contributed by atoms with E-state index in [2.05, 4.69) is 43.3 Å². The monoisotopic (exact) mass is 339 g/mol. The number of aromatic nitrogens is 1. The second kappa shape index (κ2) is 8.11. The predicted molar refractivity (Wildman–Crippen MR) is 93.6 cm³/mol. The highest BCUT2D eigenvalue weighted by atomic mass is 32.1. The summed E-state index contributed by atoms with van der Waals surface area (Å²) in [6.45, 7) is 10.6. The zero-order valence-corrected chi connectivity index (χ0v) is 15.5. The molecule has 2 rings (SSSR count). The maximum absolute atomic E-state index is 12.0. The number of nitrogens with zero attached hydrogens (tertiary/aromatic N) is 1. The number of hydrogen-bond donors (Lipinski definition) is 2. The van der Waals surface area contributed by atoms with E-state index >= 15 is 0 Å². The molecule has 0 aromatic carbocycles. The molecule has 1 aromatic heterocycles. The molecule has 6 heteroatoms. The highest BCUT2D eigenvalue weighted by Crippen LogP contribution is 2.33. The summed E-state index contributed by atoms with van der Waals surface area (Å²) in [4.78, 5) is 16.5. The lowest BCUT2D eigenvalue weighted by Gasteiger charge is -2.40. The highest BCUT2D eigenvalue weighted by molar-refractivity contribution is 7.09. The second-order valence-electron chi connectivity index (χ2n) is 7.21. The van der Waals surface area contributed by atoms with E-state index in [-0.39, 0.29) is 17.6 Å². The minimum absolute atomic E-state index is 0.0976. The summed E-state index contributed by atoms with van der Waals surface area (Å²) in [5.74, 6) is 0.375. The normalized spacial score (nSPS) is 21.9. The molecule has 0 spiro atoms. The molecule has 130 valence electrons. The van der Waals surface area contributed by atoms with Crippen LogP contribution in [0, 0.1) is 11.3 Å². The molecule has 1 fully saturated rings. The third kappa shape index (κ3) is 5.46. The van der Waals surface area contributed by atoms with Crippen molar-refractivity contribution in [3.05, 3.63) is 16.1 Å². The largest absolute Gasteiger partial charge is 0.377 e. The first-order chi connectivity index (χ1) is 10.9. The Kier molecular flexibility index (Phi) is 6.41. The number of carbonyl (C=O) groups excluding carboxylic acids is 1. The fourth-order valence-corrected chi connectivity index (χ4v) is 3.80. The van der Waals surface area contributed by atoms with E-state index in [0.717, 1.165) is 36.6 Å². The Bertz CT molecular complexity index is 510. The number of hydrogen-bond acceptors (Lipinski definition) is 4. The molecule has 1 saturated heterocycles. The van der Waals surface area contributed by atoms with Crippen molar-refractivity contribution in [1.29, 1.82) is 0 Å². The molecule has 0 unspecified atom stereocenters. The van der Waals surface area contributed by atoms with Gasteiger partial charge in [0.25, 0.3) is 0 Å². The number of thiazole rings is 1. The zero-order chi connectivity index (χ0) is 16.9. The number of ether oxygens (including phenoxy) is 1. The van der Waals surface area contributed by atoms with Crippen LogP contribution in [0.15, 0.2) is 5.38 Å². The van der Waals surface area contributed by atoms with E-state index in [1.165, 1.54) is 0 Å². The van der Waals surface area contributed by atoms with E-state index in [1.54, 1.807) is 11.3 Å². The summed E-state index contributed by atoms with van der Waals surface area (Å²) in [5.41, 5.74) is 1.02. The molecule has 2 heterocycles. The smallest absolute Gasteiger partial charge is 0.315 e. The first kappa shape index (κ1) is 18.2. The van der Waals surface area contributed by atoms with Gasteiger partial charge >= 0.3 is 6.03 Å². The van der Waals surface area contributed by atoms with Crippen LogP contribution in [0.4, 0.5) is 4.79 Å². The van der Waals surface area contributed by atoms with Crippen LogP contribution in [0.5, 0.6) is 0 Å². The molecular weight excluding hydrogens is 310 g/mol. The maximum atomic E-state index is 12.0. The summed E-state index contributed by atoms with van der Waals surface area (Å²) in [6, 6.07) is -0.130. The van der Waals surface area contributed by atoms with Gasteiger partial charge in [0, 0.05) is 24.4 Å². The van der Waals surface area contributed by atoms with Crippen LogP contribution in [0.1, 0.15) is 51.2 Å². The van der Waals surface area contributed by atoms with Crippen LogP contribution < -0.4 is 10.6 Å². The number of carbonyl (C=O) groups is 1.